The van der Waals surface area contributed by atoms with Crippen LogP contribution in [0.25, 0.3) is 0 Å². The van der Waals surface area contributed by atoms with E-state index in [9.17, 15) is 0 Å². The van der Waals surface area contributed by atoms with Gasteiger partial charge in [0.1, 0.15) is 11.4 Å². The molecule has 0 saturated heterocycles. The normalized spacial score (nSPS) is 25.5. The minimum Gasteiger partial charge on any atom is -0.484 e. The highest BCUT2D eigenvalue weighted by Gasteiger charge is 2.34. The van der Waals surface area contributed by atoms with Gasteiger partial charge >= 0.3 is 0 Å². The summed E-state index contributed by atoms with van der Waals surface area (Å²) in [5.74, 6) is 0.954. The largest absolute Gasteiger partial charge is 0.484 e. The number of halogens is 1. The van der Waals surface area contributed by atoms with Crippen molar-refractivity contribution in [2.45, 2.75) is 18.9 Å². The molecule has 1 heterocycles. The van der Waals surface area contributed by atoms with Gasteiger partial charge in [0.15, 0.2) is 0 Å². The average Bonchev–Trinajstić information content (AvgIpc) is 2.45. The Bertz CT molecular complexity index is 340. The molecular weight excluding hydrogens is 230 g/mol. The second kappa shape index (κ2) is 3.00. The van der Waals surface area contributed by atoms with Gasteiger partial charge in [-0.05, 0) is 34.5 Å². The summed E-state index contributed by atoms with van der Waals surface area (Å²) in [4.78, 5) is 0. The molecule has 13 heavy (non-hydrogen) atoms. The molecule has 2 rings (SSSR count). The van der Waals surface area contributed by atoms with Crippen molar-refractivity contribution in [1.82, 2.24) is 0 Å². The number of para-hydroxylation sites is 1. The van der Waals surface area contributed by atoms with Gasteiger partial charge in [0.05, 0.1) is 4.47 Å². The SMILES string of the molecule is CC1(CN)Cc2cccc(Br)c2O1. The molecule has 0 amide bonds. The molecule has 1 aliphatic heterocycles. The first kappa shape index (κ1) is 9.03. The van der Waals surface area contributed by atoms with Gasteiger partial charge < -0.3 is 10.5 Å². The molecule has 0 radical (unpaired) electrons. The van der Waals surface area contributed by atoms with Crippen LogP contribution < -0.4 is 10.5 Å². The fourth-order valence-corrected chi connectivity index (χ4v) is 2.09. The fourth-order valence-electron chi connectivity index (χ4n) is 1.61. The number of benzene rings is 1. The van der Waals surface area contributed by atoms with Crippen molar-refractivity contribution in [2.75, 3.05) is 6.54 Å². The molecule has 1 aromatic rings. The molecule has 2 N–H and O–H groups in total. The van der Waals surface area contributed by atoms with E-state index in [0.717, 1.165) is 16.6 Å². The lowest BCUT2D eigenvalue weighted by molar-refractivity contribution is 0.125. The smallest absolute Gasteiger partial charge is 0.137 e. The van der Waals surface area contributed by atoms with Gasteiger partial charge in [0.2, 0.25) is 0 Å². The standard InChI is InChI=1S/C10H12BrNO/c1-10(6-12)5-7-3-2-4-8(11)9(7)13-10/h2-4H,5-6,12H2,1H3. The predicted molar refractivity (Wildman–Crippen MR) is 55.9 cm³/mol. The zero-order chi connectivity index (χ0) is 9.47. The van der Waals surface area contributed by atoms with E-state index in [1.165, 1.54) is 5.56 Å². The van der Waals surface area contributed by atoms with Crippen LogP contribution in [0.1, 0.15) is 12.5 Å². The molecule has 1 aliphatic rings. The van der Waals surface area contributed by atoms with Gasteiger partial charge in [-0.25, -0.2) is 0 Å². The topological polar surface area (TPSA) is 35.2 Å². The van der Waals surface area contributed by atoms with E-state index >= 15 is 0 Å². The molecule has 0 spiro atoms. The molecule has 0 saturated carbocycles. The second-order valence-corrected chi connectivity index (χ2v) is 4.52. The maximum atomic E-state index is 5.80. The summed E-state index contributed by atoms with van der Waals surface area (Å²) in [6, 6.07) is 6.09. The fraction of sp³-hybridized carbons (Fsp3) is 0.400. The van der Waals surface area contributed by atoms with Crippen LogP contribution in [0.5, 0.6) is 5.75 Å². The van der Waals surface area contributed by atoms with Crippen molar-refractivity contribution in [2.24, 2.45) is 5.73 Å². The van der Waals surface area contributed by atoms with Crippen LogP contribution in [0.3, 0.4) is 0 Å². The van der Waals surface area contributed by atoms with Gasteiger partial charge in [-0.15, -0.1) is 0 Å². The lowest BCUT2D eigenvalue weighted by Gasteiger charge is -2.21. The Morgan fingerprint density at radius 2 is 2.38 bits per heavy atom. The number of rotatable bonds is 1. The number of hydrogen-bond acceptors (Lipinski definition) is 2. The number of ether oxygens (including phenoxy) is 1. The molecule has 1 unspecified atom stereocenters. The zero-order valence-electron chi connectivity index (χ0n) is 7.51. The zero-order valence-corrected chi connectivity index (χ0v) is 9.10. The third-order valence-corrected chi connectivity index (χ3v) is 3.02. The molecule has 70 valence electrons. The third-order valence-electron chi connectivity index (χ3n) is 2.39. The maximum Gasteiger partial charge on any atom is 0.137 e. The summed E-state index contributed by atoms with van der Waals surface area (Å²) in [6.45, 7) is 2.59. The third kappa shape index (κ3) is 1.46. The molecule has 1 atom stereocenters. The molecule has 1 aromatic carbocycles. The van der Waals surface area contributed by atoms with Crippen LogP contribution >= 0.6 is 15.9 Å². The van der Waals surface area contributed by atoms with Gasteiger partial charge in [0.25, 0.3) is 0 Å². The molecular formula is C10H12BrNO. The Morgan fingerprint density at radius 3 is 3.00 bits per heavy atom. The predicted octanol–water partition coefficient (Wildman–Crippen LogP) is 2.10. The van der Waals surface area contributed by atoms with E-state index in [0.29, 0.717) is 6.54 Å². The molecule has 2 nitrogen and oxygen atoms in total. The van der Waals surface area contributed by atoms with Crippen molar-refractivity contribution in [1.29, 1.82) is 0 Å². The van der Waals surface area contributed by atoms with Gasteiger partial charge in [-0.3, -0.25) is 0 Å². The molecule has 0 bridgehead atoms. The summed E-state index contributed by atoms with van der Waals surface area (Å²) < 4.78 is 6.82. The van der Waals surface area contributed by atoms with Crippen LogP contribution in [0, 0.1) is 0 Å². The highest BCUT2D eigenvalue weighted by atomic mass is 79.9. The number of nitrogens with two attached hydrogens (primary N) is 1. The van der Waals surface area contributed by atoms with E-state index in [2.05, 4.69) is 22.0 Å². The number of fused-ring (bicyclic) bond motifs is 1. The minimum atomic E-state index is -0.216. The first-order chi connectivity index (χ1) is 6.14. The molecule has 0 fully saturated rings. The summed E-state index contributed by atoms with van der Waals surface area (Å²) in [6.07, 6.45) is 0.901. The van der Waals surface area contributed by atoms with E-state index in [-0.39, 0.29) is 5.60 Å². The van der Waals surface area contributed by atoms with E-state index in [1.807, 2.05) is 19.1 Å². The number of hydrogen-bond donors (Lipinski definition) is 1. The van der Waals surface area contributed by atoms with Gasteiger partial charge in [-0.1, -0.05) is 12.1 Å². The monoisotopic (exact) mass is 241 g/mol. The van der Waals surface area contributed by atoms with Crippen molar-refractivity contribution in [3.63, 3.8) is 0 Å². The lowest BCUT2D eigenvalue weighted by atomic mass is 10.00. The molecule has 0 aliphatic carbocycles. The Kier molecular flexibility index (Phi) is 2.08. The van der Waals surface area contributed by atoms with Crippen LogP contribution in [-0.2, 0) is 6.42 Å². The van der Waals surface area contributed by atoms with Gasteiger partial charge in [-0.2, -0.15) is 0 Å². The summed E-state index contributed by atoms with van der Waals surface area (Å²) in [7, 11) is 0. The summed E-state index contributed by atoms with van der Waals surface area (Å²) in [5.41, 5.74) is 6.68. The first-order valence-electron chi connectivity index (χ1n) is 4.31. The highest BCUT2D eigenvalue weighted by molar-refractivity contribution is 9.10. The van der Waals surface area contributed by atoms with E-state index in [1.54, 1.807) is 0 Å². The Balaban J connectivity index is 2.40. The quantitative estimate of drug-likeness (QED) is 0.818. The Labute approximate surface area is 86.2 Å². The van der Waals surface area contributed by atoms with E-state index in [4.69, 9.17) is 10.5 Å². The highest BCUT2D eigenvalue weighted by Crippen LogP contribution is 2.39. The second-order valence-electron chi connectivity index (χ2n) is 3.66. The Hall–Kier alpha value is -0.540. The van der Waals surface area contributed by atoms with Crippen molar-refractivity contribution >= 4 is 15.9 Å². The molecule has 0 aromatic heterocycles. The summed E-state index contributed by atoms with van der Waals surface area (Å²) >= 11 is 3.46. The summed E-state index contributed by atoms with van der Waals surface area (Å²) in [5, 5.41) is 0. The van der Waals surface area contributed by atoms with Crippen molar-refractivity contribution in [3.05, 3.63) is 28.2 Å². The Morgan fingerprint density at radius 1 is 1.62 bits per heavy atom. The van der Waals surface area contributed by atoms with Crippen molar-refractivity contribution in [3.8, 4) is 5.75 Å². The van der Waals surface area contributed by atoms with Crippen LogP contribution in [-0.4, -0.2) is 12.1 Å². The van der Waals surface area contributed by atoms with E-state index < -0.39 is 0 Å². The first-order valence-corrected chi connectivity index (χ1v) is 5.10. The van der Waals surface area contributed by atoms with Gasteiger partial charge in [0, 0.05) is 13.0 Å². The van der Waals surface area contributed by atoms with Crippen LogP contribution in [0.2, 0.25) is 0 Å². The maximum absolute atomic E-state index is 5.80. The average molecular weight is 242 g/mol. The van der Waals surface area contributed by atoms with Crippen LogP contribution in [0.15, 0.2) is 22.7 Å². The molecule has 3 heteroatoms. The minimum absolute atomic E-state index is 0.216. The van der Waals surface area contributed by atoms with Crippen molar-refractivity contribution < 1.29 is 4.74 Å². The lowest BCUT2D eigenvalue weighted by Crippen LogP contribution is -2.38. The van der Waals surface area contributed by atoms with Crippen LogP contribution in [0.4, 0.5) is 0 Å².